The quantitative estimate of drug-likeness (QED) is 0.906. The topological polar surface area (TPSA) is 59.2 Å². The number of hydrogen-bond acceptors (Lipinski definition) is 4. The standard InChI is InChI=1S/C12H20ClN3OS/c1-7(2)10(14)11(17)16(8(3)4)6-9-5-15-12(13)18-9/h5,7-8,10H,6,14H2,1-4H3. The fourth-order valence-corrected chi connectivity index (χ4v) is 2.49. The van der Waals surface area contributed by atoms with Crippen LogP contribution < -0.4 is 5.73 Å². The summed E-state index contributed by atoms with van der Waals surface area (Å²) in [6, 6.07) is -0.362. The van der Waals surface area contributed by atoms with Gasteiger partial charge < -0.3 is 10.6 Å². The number of nitrogens with two attached hydrogens (primary N) is 1. The third kappa shape index (κ3) is 3.93. The third-order valence-corrected chi connectivity index (χ3v) is 3.86. The number of nitrogens with zero attached hydrogens (tertiary/aromatic N) is 2. The van der Waals surface area contributed by atoms with Gasteiger partial charge in [-0.05, 0) is 19.8 Å². The Morgan fingerprint density at radius 1 is 1.50 bits per heavy atom. The molecule has 102 valence electrons. The second-order valence-electron chi connectivity index (χ2n) is 4.91. The molecule has 1 aromatic rings. The van der Waals surface area contributed by atoms with E-state index in [2.05, 4.69) is 4.98 Å². The molecular weight excluding hydrogens is 270 g/mol. The molecule has 0 aliphatic rings. The van der Waals surface area contributed by atoms with Gasteiger partial charge in [0.15, 0.2) is 4.47 Å². The molecule has 1 atom stereocenters. The van der Waals surface area contributed by atoms with Gasteiger partial charge in [-0.1, -0.05) is 25.4 Å². The number of aromatic nitrogens is 1. The highest BCUT2D eigenvalue weighted by Gasteiger charge is 2.25. The number of carbonyl (C=O) groups is 1. The first-order valence-corrected chi connectivity index (χ1v) is 7.18. The van der Waals surface area contributed by atoms with E-state index in [4.69, 9.17) is 17.3 Å². The number of carbonyl (C=O) groups excluding carboxylic acids is 1. The van der Waals surface area contributed by atoms with Crippen LogP contribution in [0.1, 0.15) is 32.6 Å². The molecule has 0 saturated carbocycles. The summed E-state index contributed by atoms with van der Waals surface area (Å²) >= 11 is 7.19. The van der Waals surface area contributed by atoms with E-state index >= 15 is 0 Å². The molecule has 0 aliphatic heterocycles. The van der Waals surface area contributed by atoms with Crippen LogP contribution in [-0.4, -0.2) is 27.9 Å². The number of amides is 1. The fraction of sp³-hybridized carbons (Fsp3) is 0.667. The Hall–Kier alpha value is -0.650. The van der Waals surface area contributed by atoms with Gasteiger partial charge in [-0.25, -0.2) is 4.98 Å². The minimum Gasteiger partial charge on any atom is -0.334 e. The van der Waals surface area contributed by atoms with Gasteiger partial charge in [0.25, 0.3) is 0 Å². The Bertz CT molecular complexity index is 406. The lowest BCUT2D eigenvalue weighted by molar-refractivity contribution is -0.135. The Kier molecular flexibility index (Phi) is 5.56. The summed E-state index contributed by atoms with van der Waals surface area (Å²) in [6.07, 6.45) is 1.70. The maximum Gasteiger partial charge on any atom is 0.240 e. The Balaban J connectivity index is 2.80. The summed E-state index contributed by atoms with van der Waals surface area (Å²) in [5, 5.41) is 0. The van der Waals surface area contributed by atoms with Crippen molar-refractivity contribution in [3.05, 3.63) is 15.5 Å². The second kappa shape index (κ2) is 6.50. The molecule has 0 saturated heterocycles. The SMILES string of the molecule is CC(C)C(N)C(=O)N(Cc1cnc(Cl)s1)C(C)C. The predicted octanol–water partition coefficient (Wildman–Crippen LogP) is 2.52. The van der Waals surface area contributed by atoms with Crippen LogP contribution >= 0.6 is 22.9 Å². The molecule has 1 aromatic heterocycles. The number of hydrogen-bond donors (Lipinski definition) is 1. The van der Waals surface area contributed by atoms with E-state index in [1.54, 1.807) is 11.1 Å². The zero-order chi connectivity index (χ0) is 13.9. The van der Waals surface area contributed by atoms with Crippen molar-refractivity contribution in [2.24, 2.45) is 11.7 Å². The van der Waals surface area contributed by atoms with E-state index in [-0.39, 0.29) is 17.9 Å². The minimum absolute atomic E-state index is 0.0236. The number of halogens is 1. The molecule has 1 heterocycles. The van der Waals surface area contributed by atoms with Crippen molar-refractivity contribution in [1.29, 1.82) is 0 Å². The zero-order valence-corrected chi connectivity index (χ0v) is 12.8. The van der Waals surface area contributed by atoms with E-state index in [1.807, 2.05) is 27.7 Å². The van der Waals surface area contributed by atoms with Crippen molar-refractivity contribution in [2.45, 2.75) is 46.3 Å². The van der Waals surface area contributed by atoms with Gasteiger partial charge in [0, 0.05) is 17.1 Å². The molecule has 0 bridgehead atoms. The van der Waals surface area contributed by atoms with Gasteiger partial charge >= 0.3 is 0 Å². The second-order valence-corrected chi connectivity index (χ2v) is 6.61. The van der Waals surface area contributed by atoms with E-state index in [0.29, 0.717) is 11.0 Å². The molecule has 0 spiro atoms. The molecule has 2 N–H and O–H groups in total. The summed E-state index contributed by atoms with van der Waals surface area (Å²) in [6.45, 7) is 8.37. The van der Waals surface area contributed by atoms with Crippen LogP contribution in [0, 0.1) is 5.92 Å². The highest BCUT2D eigenvalue weighted by molar-refractivity contribution is 7.15. The van der Waals surface area contributed by atoms with E-state index in [9.17, 15) is 4.79 Å². The van der Waals surface area contributed by atoms with E-state index in [1.165, 1.54) is 11.3 Å². The average Bonchev–Trinajstić information content (AvgIpc) is 2.69. The van der Waals surface area contributed by atoms with E-state index < -0.39 is 6.04 Å². The molecule has 0 radical (unpaired) electrons. The third-order valence-electron chi connectivity index (χ3n) is 2.76. The summed E-state index contributed by atoms with van der Waals surface area (Å²) in [5.41, 5.74) is 5.93. The zero-order valence-electron chi connectivity index (χ0n) is 11.2. The lowest BCUT2D eigenvalue weighted by atomic mass is 10.0. The highest BCUT2D eigenvalue weighted by atomic mass is 35.5. The van der Waals surface area contributed by atoms with Crippen molar-refractivity contribution in [3.63, 3.8) is 0 Å². The normalized spacial score (nSPS) is 13.1. The molecule has 6 heteroatoms. The van der Waals surface area contributed by atoms with Crippen LogP contribution in [0.3, 0.4) is 0 Å². The van der Waals surface area contributed by atoms with Crippen LogP contribution in [-0.2, 0) is 11.3 Å². The van der Waals surface area contributed by atoms with Crippen molar-refractivity contribution >= 4 is 28.8 Å². The molecule has 4 nitrogen and oxygen atoms in total. The van der Waals surface area contributed by atoms with Crippen molar-refractivity contribution in [2.75, 3.05) is 0 Å². The molecular formula is C12H20ClN3OS. The van der Waals surface area contributed by atoms with Gasteiger partial charge in [0.05, 0.1) is 12.6 Å². The first-order valence-electron chi connectivity index (χ1n) is 5.99. The van der Waals surface area contributed by atoms with Crippen molar-refractivity contribution in [3.8, 4) is 0 Å². The van der Waals surface area contributed by atoms with Crippen LogP contribution in [0.4, 0.5) is 0 Å². The summed E-state index contributed by atoms with van der Waals surface area (Å²) < 4.78 is 0.495. The van der Waals surface area contributed by atoms with Gasteiger partial charge in [-0.15, -0.1) is 11.3 Å². The van der Waals surface area contributed by atoms with Crippen molar-refractivity contribution in [1.82, 2.24) is 9.88 Å². The average molecular weight is 290 g/mol. The fourth-order valence-electron chi connectivity index (χ4n) is 1.52. The summed E-state index contributed by atoms with van der Waals surface area (Å²) in [5.74, 6) is 0.105. The lowest BCUT2D eigenvalue weighted by Crippen LogP contribution is -2.48. The van der Waals surface area contributed by atoms with Crippen LogP contribution in [0.5, 0.6) is 0 Å². The summed E-state index contributed by atoms with van der Waals surface area (Å²) in [7, 11) is 0. The van der Waals surface area contributed by atoms with Crippen LogP contribution in [0.25, 0.3) is 0 Å². The monoisotopic (exact) mass is 289 g/mol. The first-order chi connectivity index (χ1) is 8.32. The van der Waals surface area contributed by atoms with Crippen molar-refractivity contribution < 1.29 is 4.79 Å². The lowest BCUT2D eigenvalue weighted by Gasteiger charge is -2.30. The Morgan fingerprint density at radius 3 is 2.50 bits per heavy atom. The number of rotatable bonds is 5. The smallest absolute Gasteiger partial charge is 0.240 e. The molecule has 0 fully saturated rings. The Morgan fingerprint density at radius 2 is 2.11 bits per heavy atom. The van der Waals surface area contributed by atoms with Crippen LogP contribution in [0.15, 0.2) is 6.20 Å². The van der Waals surface area contributed by atoms with Gasteiger partial charge in [-0.3, -0.25) is 4.79 Å². The van der Waals surface area contributed by atoms with Crippen LogP contribution in [0.2, 0.25) is 4.47 Å². The molecule has 18 heavy (non-hydrogen) atoms. The minimum atomic E-state index is -0.462. The van der Waals surface area contributed by atoms with Gasteiger partial charge in [-0.2, -0.15) is 0 Å². The van der Waals surface area contributed by atoms with Gasteiger partial charge in [0.1, 0.15) is 0 Å². The Labute approximate surface area is 117 Å². The molecule has 0 aromatic carbocycles. The molecule has 1 rings (SSSR count). The highest BCUT2D eigenvalue weighted by Crippen LogP contribution is 2.21. The molecule has 1 amide bonds. The molecule has 0 aliphatic carbocycles. The first kappa shape index (κ1) is 15.4. The maximum atomic E-state index is 12.3. The maximum absolute atomic E-state index is 12.3. The predicted molar refractivity (Wildman–Crippen MR) is 75.6 cm³/mol. The number of thiazole rings is 1. The van der Waals surface area contributed by atoms with Gasteiger partial charge in [0.2, 0.25) is 5.91 Å². The van der Waals surface area contributed by atoms with E-state index in [0.717, 1.165) is 4.88 Å². The largest absolute Gasteiger partial charge is 0.334 e. The summed E-state index contributed by atoms with van der Waals surface area (Å²) in [4.78, 5) is 19.0. The molecule has 1 unspecified atom stereocenters.